The molecule has 5 nitrogen and oxygen atoms in total. The number of hydrogen-bond donors (Lipinski definition) is 1. The number of benzene rings is 2. The fourth-order valence-corrected chi connectivity index (χ4v) is 3.45. The van der Waals surface area contributed by atoms with Gasteiger partial charge in [-0.1, -0.05) is 35.9 Å². The van der Waals surface area contributed by atoms with Crippen LogP contribution in [0.3, 0.4) is 0 Å². The van der Waals surface area contributed by atoms with Crippen LogP contribution < -0.4 is 5.32 Å². The van der Waals surface area contributed by atoms with E-state index in [9.17, 15) is 9.59 Å². The van der Waals surface area contributed by atoms with Gasteiger partial charge in [-0.15, -0.1) is 0 Å². The van der Waals surface area contributed by atoms with Gasteiger partial charge in [-0.25, -0.2) is 0 Å². The molecule has 6 heteroatoms. The summed E-state index contributed by atoms with van der Waals surface area (Å²) in [5.41, 5.74) is 3.19. The van der Waals surface area contributed by atoms with Crippen molar-refractivity contribution in [3.8, 4) is 0 Å². The second-order valence-electron chi connectivity index (χ2n) is 7.10. The van der Waals surface area contributed by atoms with E-state index in [1.807, 2.05) is 4.90 Å². The molecule has 2 aromatic rings. The maximum atomic E-state index is 12.4. The van der Waals surface area contributed by atoms with E-state index < -0.39 is 0 Å². The lowest BCUT2D eigenvalue weighted by Gasteiger charge is -2.35. The van der Waals surface area contributed by atoms with E-state index in [4.69, 9.17) is 11.6 Å². The van der Waals surface area contributed by atoms with Crippen molar-refractivity contribution in [1.82, 2.24) is 15.1 Å². The molecule has 0 bridgehead atoms. The molecule has 3 rings (SSSR count). The maximum absolute atomic E-state index is 12.4. The Kier molecular flexibility index (Phi) is 7.06. The van der Waals surface area contributed by atoms with Crippen molar-refractivity contribution in [2.75, 3.05) is 32.7 Å². The van der Waals surface area contributed by atoms with Gasteiger partial charge < -0.3 is 10.2 Å². The molecule has 28 heavy (non-hydrogen) atoms. The molecule has 148 valence electrons. The highest BCUT2D eigenvalue weighted by Crippen LogP contribution is 2.13. The fraction of sp³-hybridized carbons (Fsp3) is 0.364. The minimum Gasteiger partial charge on any atom is -0.352 e. The van der Waals surface area contributed by atoms with Gasteiger partial charge in [0.1, 0.15) is 0 Å². The SMILES string of the molecule is Cc1ccccc1CN1CCN(C(=O)CCNC(=O)c2ccc(Cl)cc2)CC1. The van der Waals surface area contributed by atoms with Crippen molar-refractivity contribution in [3.63, 3.8) is 0 Å². The van der Waals surface area contributed by atoms with E-state index in [0.717, 1.165) is 32.7 Å². The largest absolute Gasteiger partial charge is 0.352 e. The highest BCUT2D eigenvalue weighted by Gasteiger charge is 2.21. The first-order valence-corrected chi connectivity index (χ1v) is 9.99. The molecule has 0 spiro atoms. The summed E-state index contributed by atoms with van der Waals surface area (Å²) in [6.07, 6.45) is 0.317. The Hall–Kier alpha value is -2.37. The number of carbonyl (C=O) groups excluding carboxylic acids is 2. The second kappa shape index (κ2) is 9.71. The Balaban J connectivity index is 1.38. The lowest BCUT2D eigenvalue weighted by molar-refractivity contribution is -0.132. The van der Waals surface area contributed by atoms with Crippen LogP contribution in [0.2, 0.25) is 5.02 Å². The average Bonchev–Trinajstić information content (AvgIpc) is 2.70. The summed E-state index contributed by atoms with van der Waals surface area (Å²) in [5, 5.41) is 3.39. The molecule has 2 aromatic carbocycles. The number of halogens is 1. The minimum absolute atomic E-state index is 0.0898. The van der Waals surface area contributed by atoms with E-state index in [1.54, 1.807) is 24.3 Å². The number of aryl methyl sites for hydroxylation is 1. The van der Waals surface area contributed by atoms with Crippen LogP contribution in [-0.4, -0.2) is 54.3 Å². The van der Waals surface area contributed by atoms with Crippen LogP contribution in [-0.2, 0) is 11.3 Å². The van der Waals surface area contributed by atoms with Gasteiger partial charge in [-0.05, 0) is 42.3 Å². The third kappa shape index (κ3) is 5.57. The van der Waals surface area contributed by atoms with E-state index in [0.29, 0.717) is 23.6 Å². The molecule has 1 aliphatic heterocycles. The Bertz CT molecular complexity index is 815. The van der Waals surface area contributed by atoms with Crippen molar-refractivity contribution in [1.29, 1.82) is 0 Å². The van der Waals surface area contributed by atoms with Crippen molar-refractivity contribution in [2.24, 2.45) is 0 Å². The summed E-state index contributed by atoms with van der Waals surface area (Å²) in [4.78, 5) is 28.8. The van der Waals surface area contributed by atoms with Gasteiger partial charge in [0.25, 0.3) is 5.91 Å². The molecule has 0 unspecified atom stereocenters. The van der Waals surface area contributed by atoms with Crippen LogP contribution in [0.1, 0.15) is 27.9 Å². The standard InChI is InChI=1S/C22H26ClN3O2/c1-17-4-2-3-5-19(17)16-25-12-14-26(15-13-25)21(27)10-11-24-22(28)18-6-8-20(23)9-7-18/h2-9H,10-16H2,1H3,(H,24,28). The van der Waals surface area contributed by atoms with Crippen molar-refractivity contribution in [3.05, 3.63) is 70.2 Å². The molecule has 0 aliphatic carbocycles. The van der Waals surface area contributed by atoms with Gasteiger partial charge in [0, 0.05) is 56.3 Å². The normalized spacial score (nSPS) is 14.7. The summed E-state index contributed by atoms with van der Waals surface area (Å²) in [5.74, 6) is -0.0977. The molecule has 0 radical (unpaired) electrons. The molecule has 0 saturated carbocycles. The zero-order chi connectivity index (χ0) is 19.9. The smallest absolute Gasteiger partial charge is 0.251 e. The number of rotatable bonds is 6. The van der Waals surface area contributed by atoms with E-state index in [-0.39, 0.29) is 11.8 Å². The van der Waals surface area contributed by atoms with Crippen LogP contribution in [0.15, 0.2) is 48.5 Å². The molecular weight excluding hydrogens is 374 g/mol. The first-order valence-electron chi connectivity index (χ1n) is 9.61. The van der Waals surface area contributed by atoms with Gasteiger partial charge >= 0.3 is 0 Å². The second-order valence-corrected chi connectivity index (χ2v) is 7.53. The van der Waals surface area contributed by atoms with Crippen molar-refractivity contribution < 1.29 is 9.59 Å². The highest BCUT2D eigenvalue weighted by atomic mass is 35.5. The predicted molar refractivity (Wildman–Crippen MR) is 111 cm³/mol. The van der Waals surface area contributed by atoms with Crippen LogP contribution in [0.25, 0.3) is 0 Å². The van der Waals surface area contributed by atoms with Crippen LogP contribution in [0.5, 0.6) is 0 Å². The first kappa shape index (κ1) is 20.4. The third-order valence-corrected chi connectivity index (χ3v) is 5.36. The molecule has 1 N–H and O–H groups in total. The molecule has 0 aromatic heterocycles. The highest BCUT2D eigenvalue weighted by molar-refractivity contribution is 6.30. The van der Waals surface area contributed by atoms with E-state index in [1.165, 1.54) is 11.1 Å². The number of amides is 2. The fourth-order valence-electron chi connectivity index (χ4n) is 3.33. The monoisotopic (exact) mass is 399 g/mol. The van der Waals surface area contributed by atoms with Crippen LogP contribution >= 0.6 is 11.6 Å². The molecular formula is C22H26ClN3O2. The molecule has 2 amide bonds. The maximum Gasteiger partial charge on any atom is 0.251 e. The summed E-state index contributed by atoms with van der Waals surface area (Å²) >= 11 is 5.83. The number of hydrogen-bond acceptors (Lipinski definition) is 3. The van der Waals surface area contributed by atoms with Gasteiger partial charge in [0.05, 0.1) is 0 Å². The van der Waals surface area contributed by atoms with E-state index >= 15 is 0 Å². The predicted octanol–water partition coefficient (Wildman–Crippen LogP) is 3.11. The number of piperazine rings is 1. The topological polar surface area (TPSA) is 52.6 Å². The zero-order valence-electron chi connectivity index (χ0n) is 16.2. The van der Waals surface area contributed by atoms with Crippen LogP contribution in [0.4, 0.5) is 0 Å². The molecule has 1 aliphatic rings. The van der Waals surface area contributed by atoms with Gasteiger partial charge in [-0.2, -0.15) is 0 Å². The average molecular weight is 400 g/mol. The summed E-state index contributed by atoms with van der Waals surface area (Å²) in [7, 11) is 0. The molecule has 1 saturated heterocycles. The summed E-state index contributed by atoms with van der Waals surface area (Å²) < 4.78 is 0. The quantitative estimate of drug-likeness (QED) is 0.812. The minimum atomic E-state index is -0.187. The van der Waals surface area contributed by atoms with Gasteiger partial charge in [0.15, 0.2) is 0 Å². The Labute approximate surface area is 171 Å². The molecule has 1 fully saturated rings. The van der Waals surface area contributed by atoms with Crippen molar-refractivity contribution >= 4 is 23.4 Å². The number of nitrogens with zero attached hydrogens (tertiary/aromatic N) is 2. The zero-order valence-corrected chi connectivity index (χ0v) is 16.9. The number of carbonyl (C=O) groups is 2. The third-order valence-electron chi connectivity index (χ3n) is 5.11. The Morgan fingerprint density at radius 1 is 1.00 bits per heavy atom. The van der Waals surface area contributed by atoms with E-state index in [2.05, 4.69) is 41.4 Å². The lowest BCUT2D eigenvalue weighted by atomic mass is 10.1. The molecule has 0 atom stereocenters. The Morgan fingerprint density at radius 3 is 2.36 bits per heavy atom. The summed E-state index contributed by atoms with van der Waals surface area (Å²) in [6.45, 7) is 6.60. The Morgan fingerprint density at radius 2 is 1.68 bits per heavy atom. The van der Waals surface area contributed by atoms with Crippen LogP contribution in [0, 0.1) is 6.92 Å². The summed E-state index contributed by atoms with van der Waals surface area (Å²) in [6, 6.07) is 15.1. The van der Waals surface area contributed by atoms with Gasteiger partial charge in [0.2, 0.25) is 5.91 Å². The van der Waals surface area contributed by atoms with Gasteiger partial charge in [-0.3, -0.25) is 14.5 Å². The molecule has 1 heterocycles. The van der Waals surface area contributed by atoms with Crippen molar-refractivity contribution in [2.45, 2.75) is 19.9 Å². The first-order chi connectivity index (χ1) is 13.5. The lowest BCUT2D eigenvalue weighted by Crippen LogP contribution is -2.48. The number of nitrogens with one attached hydrogen (secondary N) is 1.